The zero-order valence-electron chi connectivity index (χ0n) is 6.09. The molecule has 64 valence electrons. The Morgan fingerprint density at radius 3 is 2.75 bits per heavy atom. The molecule has 0 saturated heterocycles. The number of hydrogen-bond donors (Lipinski definition) is 0. The van der Waals surface area contributed by atoms with Crippen molar-refractivity contribution in [3.05, 3.63) is 22.7 Å². The number of ketones is 2. The number of rotatable bonds is 0. The van der Waals surface area contributed by atoms with Gasteiger partial charge < -0.3 is 0 Å². The van der Waals surface area contributed by atoms with Crippen molar-refractivity contribution in [3.63, 3.8) is 0 Å². The molecule has 0 aromatic rings. The van der Waals surface area contributed by atoms with Crippen molar-refractivity contribution in [3.8, 4) is 0 Å². The summed E-state index contributed by atoms with van der Waals surface area (Å²) in [5.41, 5.74) is 0. The van der Waals surface area contributed by atoms with E-state index in [-0.39, 0.29) is 17.0 Å². The normalized spacial score (nSPS) is 24.8. The van der Waals surface area contributed by atoms with Crippen LogP contribution < -0.4 is 0 Å². The number of carbonyl (C=O) groups excluding carboxylic acids is 2. The van der Waals surface area contributed by atoms with Crippen LogP contribution in [0.3, 0.4) is 0 Å². The number of halogens is 2. The Morgan fingerprint density at radius 2 is 2.08 bits per heavy atom. The summed E-state index contributed by atoms with van der Waals surface area (Å²) >= 11 is 6.28. The molecule has 0 saturated carbocycles. The SMILES string of the molecule is O=C1CC(Br)C=CC=C(Br)C1=O. The first-order chi connectivity index (χ1) is 5.61. The summed E-state index contributed by atoms with van der Waals surface area (Å²) in [5.74, 6) is -0.826. The largest absolute Gasteiger partial charge is 0.290 e. The van der Waals surface area contributed by atoms with E-state index in [1.54, 1.807) is 12.2 Å². The molecule has 4 heteroatoms. The highest BCUT2D eigenvalue weighted by Crippen LogP contribution is 2.16. The Bertz CT molecular complexity index is 279. The van der Waals surface area contributed by atoms with Crippen molar-refractivity contribution < 1.29 is 9.59 Å². The van der Waals surface area contributed by atoms with E-state index < -0.39 is 5.78 Å². The highest BCUT2D eigenvalue weighted by atomic mass is 79.9. The van der Waals surface area contributed by atoms with Crippen molar-refractivity contribution in [2.75, 3.05) is 0 Å². The third kappa shape index (κ3) is 2.38. The Labute approximate surface area is 87.0 Å². The van der Waals surface area contributed by atoms with Gasteiger partial charge in [0, 0.05) is 11.2 Å². The minimum absolute atomic E-state index is 0.0363. The third-order valence-electron chi connectivity index (χ3n) is 1.41. The van der Waals surface area contributed by atoms with E-state index >= 15 is 0 Å². The van der Waals surface area contributed by atoms with Gasteiger partial charge in [0.25, 0.3) is 0 Å². The van der Waals surface area contributed by atoms with E-state index in [2.05, 4.69) is 31.9 Å². The average molecular weight is 294 g/mol. The van der Waals surface area contributed by atoms with Crippen LogP contribution in [0.4, 0.5) is 0 Å². The van der Waals surface area contributed by atoms with Gasteiger partial charge in [0.05, 0.1) is 4.48 Å². The fraction of sp³-hybridized carbons (Fsp3) is 0.250. The lowest BCUT2D eigenvalue weighted by Gasteiger charge is -2.04. The van der Waals surface area contributed by atoms with Crippen LogP contribution in [0.15, 0.2) is 22.7 Å². The van der Waals surface area contributed by atoms with Crippen LogP contribution in [0, 0.1) is 0 Å². The van der Waals surface area contributed by atoms with Crippen molar-refractivity contribution in [2.24, 2.45) is 0 Å². The number of carbonyl (C=O) groups is 2. The predicted molar refractivity (Wildman–Crippen MR) is 53.5 cm³/mol. The summed E-state index contributed by atoms with van der Waals surface area (Å²) in [6, 6.07) is 0. The van der Waals surface area contributed by atoms with Gasteiger partial charge in [-0.3, -0.25) is 9.59 Å². The molecule has 0 aromatic carbocycles. The molecule has 0 heterocycles. The smallest absolute Gasteiger partial charge is 0.235 e. The molecule has 0 bridgehead atoms. The predicted octanol–water partition coefficient (Wildman–Crippen LogP) is 2.13. The molecule has 0 aliphatic heterocycles. The first-order valence-corrected chi connectivity index (χ1v) is 5.07. The summed E-state index contributed by atoms with van der Waals surface area (Å²) in [5, 5.41) is 0. The van der Waals surface area contributed by atoms with Gasteiger partial charge in [-0.2, -0.15) is 0 Å². The van der Waals surface area contributed by atoms with Gasteiger partial charge in [-0.1, -0.05) is 28.1 Å². The molecule has 1 rings (SSSR count). The molecule has 1 atom stereocenters. The van der Waals surface area contributed by atoms with Crippen LogP contribution in [0.25, 0.3) is 0 Å². The molecule has 1 aliphatic carbocycles. The van der Waals surface area contributed by atoms with E-state index in [0.717, 1.165) is 0 Å². The molecule has 0 amide bonds. The molecule has 2 nitrogen and oxygen atoms in total. The Morgan fingerprint density at radius 1 is 1.42 bits per heavy atom. The lowest BCUT2D eigenvalue weighted by atomic mass is 10.1. The summed E-state index contributed by atoms with van der Waals surface area (Å²) in [4.78, 5) is 22.2. The molecule has 0 aromatic heterocycles. The molecule has 12 heavy (non-hydrogen) atoms. The molecular weight excluding hydrogens is 288 g/mol. The fourth-order valence-electron chi connectivity index (χ4n) is 0.807. The standard InChI is InChI=1S/C8H6Br2O2/c9-5-2-1-3-6(10)8(12)7(11)4-5/h1-3,5H,4H2. The van der Waals surface area contributed by atoms with Crippen LogP contribution in [-0.2, 0) is 9.59 Å². The molecule has 0 N–H and O–H groups in total. The molecular formula is C8H6Br2O2. The highest BCUT2D eigenvalue weighted by Gasteiger charge is 2.20. The first-order valence-electron chi connectivity index (χ1n) is 3.37. The maximum Gasteiger partial charge on any atom is 0.235 e. The molecule has 1 aliphatic rings. The second kappa shape index (κ2) is 4.14. The van der Waals surface area contributed by atoms with Crippen LogP contribution in [0.1, 0.15) is 6.42 Å². The van der Waals surface area contributed by atoms with Crippen molar-refractivity contribution in [1.29, 1.82) is 0 Å². The van der Waals surface area contributed by atoms with E-state index in [1.807, 2.05) is 6.08 Å². The van der Waals surface area contributed by atoms with Crippen LogP contribution in [0.2, 0.25) is 0 Å². The maximum absolute atomic E-state index is 11.1. The van der Waals surface area contributed by atoms with Gasteiger partial charge in [0.2, 0.25) is 11.6 Å². The topological polar surface area (TPSA) is 34.1 Å². The zero-order chi connectivity index (χ0) is 9.14. The minimum atomic E-state index is -0.455. The Balaban J connectivity index is 2.94. The quantitative estimate of drug-likeness (QED) is 0.506. The van der Waals surface area contributed by atoms with Gasteiger partial charge in [-0.05, 0) is 22.0 Å². The first kappa shape index (κ1) is 9.86. The van der Waals surface area contributed by atoms with E-state index in [4.69, 9.17) is 0 Å². The van der Waals surface area contributed by atoms with E-state index in [0.29, 0.717) is 4.48 Å². The lowest BCUT2D eigenvalue weighted by molar-refractivity contribution is -0.133. The number of alkyl halides is 1. The van der Waals surface area contributed by atoms with E-state index in [9.17, 15) is 9.59 Å². The maximum atomic E-state index is 11.1. The summed E-state index contributed by atoms with van der Waals surface area (Å²) < 4.78 is 0.322. The number of hydrogen-bond acceptors (Lipinski definition) is 2. The average Bonchev–Trinajstić information content (AvgIpc) is 2.01. The second-order valence-corrected chi connectivity index (χ2v) is 4.40. The number of allylic oxidation sites excluding steroid dienone is 4. The van der Waals surface area contributed by atoms with Gasteiger partial charge in [-0.25, -0.2) is 0 Å². The lowest BCUT2D eigenvalue weighted by Crippen LogP contribution is -2.18. The molecule has 0 fully saturated rings. The minimum Gasteiger partial charge on any atom is -0.290 e. The van der Waals surface area contributed by atoms with Crippen LogP contribution >= 0.6 is 31.9 Å². The van der Waals surface area contributed by atoms with Gasteiger partial charge in [-0.15, -0.1) is 0 Å². The van der Waals surface area contributed by atoms with Gasteiger partial charge in [0.1, 0.15) is 0 Å². The third-order valence-corrected chi connectivity index (χ3v) is 2.67. The molecule has 1 unspecified atom stereocenters. The fourth-order valence-corrected chi connectivity index (χ4v) is 1.65. The van der Waals surface area contributed by atoms with Crippen LogP contribution in [-0.4, -0.2) is 16.4 Å². The van der Waals surface area contributed by atoms with Gasteiger partial charge >= 0.3 is 0 Å². The second-order valence-electron chi connectivity index (χ2n) is 2.37. The molecule has 0 radical (unpaired) electrons. The Kier molecular flexibility index (Phi) is 3.40. The highest BCUT2D eigenvalue weighted by molar-refractivity contribution is 9.12. The number of Topliss-reactive ketones (excluding diaryl/α,β-unsaturated/α-hetero) is 2. The summed E-state index contributed by atoms with van der Waals surface area (Å²) in [6.07, 6.45) is 5.37. The monoisotopic (exact) mass is 292 g/mol. The molecule has 0 spiro atoms. The Hall–Kier alpha value is -0.220. The summed E-state index contributed by atoms with van der Waals surface area (Å²) in [7, 11) is 0. The van der Waals surface area contributed by atoms with Gasteiger partial charge in [0.15, 0.2) is 0 Å². The van der Waals surface area contributed by atoms with Crippen LogP contribution in [0.5, 0.6) is 0 Å². The van der Waals surface area contributed by atoms with E-state index in [1.165, 1.54) is 0 Å². The van der Waals surface area contributed by atoms with Crippen molar-refractivity contribution >= 4 is 43.4 Å². The van der Waals surface area contributed by atoms with Crippen molar-refractivity contribution in [2.45, 2.75) is 11.2 Å². The summed E-state index contributed by atoms with van der Waals surface area (Å²) in [6.45, 7) is 0. The van der Waals surface area contributed by atoms with Crippen molar-refractivity contribution in [1.82, 2.24) is 0 Å². The zero-order valence-corrected chi connectivity index (χ0v) is 9.26.